The fourth-order valence-electron chi connectivity index (χ4n) is 6.08. The van der Waals surface area contributed by atoms with E-state index in [1.807, 2.05) is 0 Å². The molecule has 0 radical (unpaired) electrons. The highest BCUT2D eigenvalue weighted by molar-refractivity contribution is 5.21. The van der Waals surface area contributed by atoms with Gasteiger partial charge in [-0.05, 0) is 30.4 Å². The van der Waals surface area contributed by atoms with Crippen LogP contribution in [0.4, 0.5) is 0 Å². The third kappa shape index (κ3) is 47.0. The van der Waals surface area contributed by atoms with E-state index in [-0.39, 0.29) is 19.8 Å². The van der Waals surface area contributed by atoms with Crippen molar-refractivity contribution in [2.24, 2.45) is 0 Å². The number of benzene rings is 1. The normalized spacial score (nSPS) is 10.9. The highest BCUT2D eigenvalue weighted by atomic mass is 16.5. The number of aliphatic hydroxyl groups is 3. The Hall–Kier alpha value is -1.02. The second-order valence-corrected chi connectivity index (χ2v) is 14.5. The lowest BCUT2D eigenvalue weighted by molar-refractivity contribution is 0.0815. The van der Waals surface area contributed by atoms with Crippen LogP contribution in [-0.4, -0.2) is 68.2 Å². The molecular weight excluding hydrogens is 649 g/mol. The van der Waals surface area contributed by atoms with Crippen LogP contribution in [-0.2, 0) is 27.2 Å². The number of aryl methyl sites for hydroxylation is 1. The fourth-order valence-corrected chi connectivity index (χ4v) is 6.08. The molecule has 0 saturated carbocycles. The van der Waals surface area contributed by atoms with E-state index in [0.29, 0.717) is 26.4 Å². The summed E-state index contributed by atoms with van der Waals surface area (Å²) in [5, 5.41) is 25.6. The summed E-state index contributed by atoms with van der Waals surface area (Å²) in [5.74, 6) is 0. The Morgan fingerprint density at radius 1 is 0.327 bits per heavy atom. The molecule has 3 N–H and O–H groups in total. The van der Waals surface area contributed by atoms with Gasteiger partial charge in [-0.1, -0.05) is 206 Å². The van der Waals surface area contributed by atoms with Gasteiger partial charge in [0.2, 0.25) is 0 Å². The van der Waals surface area contributed by atoms with E-state index < -0.39 is 0 Å². The average molecular weight is 739 g/mol. The van der Waals surface area contributed by atoms with Crippen LogP contribution in [0.2, 0.25) is 0 Å². The zero-order valence-electron chi connectivity index (χ0n) is 35.0. The number of hydrogen-bond acceptors (Lipinski definition) is 6. The summed E-state index contributed by atoms with van der Waals surface area (Å²) in [6, 6.07) is 8.35. The fraction of sp³-hybridized carbons (Fsp3) is 0.870. The predicted molar refractivity (Wildman–Crippen MR) is 224 cm³/mol. The van der Waals surface area contributed by atoms with Crippen LogP contribution in [0.5, 0.6) is 0 Å². The first-order chi connectivity index (χ1) is 25.7. The van der Waals surface area contributed by atoms with E-state index >= 15 is 0 Å². The van der Waals surface area contributed by atoms with Crippen molar-refractivity contribution in [3.05, 3.63) is 35.4 Å². The van der Waals surface area contributed by atoms with E-state index in [9.17, 15) is 0 Å². The molecule has 52 heavy (non-hydrogen) atoms. The average Bonchev–Trinajstić information content (AvgIpc) is 3.17. The second-order valence-electron chi connectivity index (χ2n) is 14.5. The number of hydrogen-bond donors (Lipinski definition) is 3. The molecule has 0 fully saturated rings. The summed E-state index contributed by atoms with van der Waals surface area (Å²) in [6.07, 6.45) is 38.5. The van der Waals surface area contributed by atoms with Crippen LogP contribution in [0.15, 0.2) is 24.3 Å². The van der Waals surface area contributed by atoms with Crippen molar-refractivity contribution < 1.29 is 29.5 Å². The first kappa shape index (κ1) is 53.1. The molecule has 6 heteroatoms. The molecule has 0 spiro atoms. The van der Waals surface area contributed by atoms with Gasteiger partial charge >= 0.3 is 0 Å². The van der Waals surface area contributed by atoms with Crippen molar-refractivity contribution in [2.45, 2.75) is 207 Å². The molecule has 0 aromatic heterocycles. The van der Waals surface area contributed by atoms with Crippen LogP contribution >= 0.6 is 0 Å². The van der Waals surface area contributed by atoms with Crippen LogP contribution in [0.3, 0.4) is 0 Å². The summed E-state index contributed by atoms with van der Waals surface area (Å²) < 4.78 is 15.7. The van der Waals surface area contributed by atoms with Crippen molar-refractivity contribution in [1.29, 1.82) is 0 Å². The van der Waals surface area contributed by atoms with Gasteiger partial charge in [0.15, 0.2) is 0 Å². The number of rotatable bonds is 38. The molecule has 0 unspecified atom stereocenters. The lowest BCUT2D eigenvalue weighted by atomic mass is 10.0. The molecule has 0 amide bonds. The van der Waals surface area contributed by atoms with Gasteiger partial charge in [-0.25, -0.2) is 0 Å². The molecular formula is C46H90O6. The Morgan fingerprint density at radius 3 is 0.885 bits per heavy atom. The van der Waals surface area contributed by atoms with Crippen LogP contribution in [0.25, 0.3) is 0 Å². The van der Waals surface area contributed by atoms with E-state index in [1.165, 1.54) is 166 Å². The molecule has 1 aromatic carbocycles. The molecule has 0 heterocycles. The third-order valence-electron chi connectivity index (χ3n) is 9.44. The molecule has 0 aliphatic carbocycles. The lowest BCUT2D eigenvalue weighted by Crippen LogP contribution is -2.00. The van der Waals surface area contributed by atoms with Gasteiger partial charge in [0, 0.05) is 13.2 Å². The van der Waals surface area contributed by atoms with Crippen molar-refractivity contribution in [2.75, 3.05) is 52.9 Å². The molecule has 0 atom stereocenters. The maximum atomic E-state index is 8.58. The first-order valence-corrected chi connectivity index (χ1v) is 22.3. The number of aliphatic hydroxyl groups excluding tert-OH is 3. The van der Waals surface area contributed by atoms with E-state index in [4.69, 9.17) is 29.5 Å². The molecule has 0 aliphatic rings. The SMILES string of the molecule is CCCCCCCCCCCCCCCCCCOCCO.CCCCCCCCCCCCCOCCO.CCc1ccc(COCCO)cc1. The highest BCUT2D eigenvalue weighted by Crippen LogP contribution is 2.14. The highest BCUT2D eigenvalue weighted by Gasteiger charge is 1.96. The Labute approximate surface area is 324 Å². The van der Waals surface area contributed by atoms with Crippen LogP contribution in [0.1, 0.15) is 205 Å². The molecule has 1 aromatic rings. The monoisotopic (exact) mass is 739 g/mol. The maximum absolute atomic E-state index is 8.58. The van der Waals surface area contributed by atoms with Gasteiger partial charge in [-0.3, -0.25) is 0 Å². The third-order valence-corrected chi connectivity index (χ3v) is 9.44. The van der Waals surface area contributed by atoms with Gasteiger partial charge in [0.05, 0.1) is 46.2 Å². The molecule has 0 saturated heterocycles. The quantitative estimate of drug-likeness (QED) is 0.0586. The van der Waals surface area contributed by atoms with Crippen molar-refractivity contribution >= 4 is 0 Å². The van der Waals surface area contributed by atoms with Gasteiger partial charge < -0.3 is 29.5 Å². The zero-order valence-corrected chi connectivity index (χ0v) is 35.0. The standard InChI is InChI=1S/C20H42O2.C15H32O2.C11H16O2/c1-2-3-4-5-6-7-8-9-10-11-12-13-14-15-16-17-19-22-20-18-21;1-2-3-4-5-6-7-8-9-10-11-12-14-17-15-13-16;1-2-10-3-5-11(6-4-10)9-13-8-7-12/h21H,2-20H2,1H3;16H,2-15H2,1H3;3-6,12H,2,7-9H2,1H3. The minimum Gasteiger partial charge on any atom is -0.394 e. The second kappa shape index (κ2) is 50.0. The van der Waals surface area contributed by atoms with Gasteiger partial charge in [-0.2, -0.15) is 0 Å². The first-order valence-electron chi connectivity index (χ1n) is 22.3. The van der Waals surface area contributed by atoms with E-state index in [0.717, 1.165) is 38.0 Å². The number of ether oxygens (including phenoxy) is 3. The Morgan fingerprint density at radius 2 is 0.596 bits per heavy atom. The number of unbranched alkanes of at least 4 members (excludes halogenated alkanes) is 25. The Balaban J connectivity index is 0. The predicted octanol–water partition coefficient (Wildman–Crippen LogP) is 12.3. The minimum atomic E-state index is 0.0903. The summed E-state index contributed by atoms with van der Waals surface area (Å²) >= 11 is 0. The smallest absolute Gasteiger partial charge is 0.0718 e. The van der Waals surface area contributed by atoms with Crippen molar-refractivity contribution in [1.82, 2.24) is 0 Å². The molecule has 1 rings (SSSR count). The van der Waals surface area contributed by atoms with Crippen LogP contribution < -0.4 is 0 Å². The largest absolute Gasteiger partial charge is 0.394 e. The van der Waals surface area contributed by atoms with E-state index in [2.05, 4.69) is 45.0 Å². The van der Waals surface area contributed by atoms with Gasteiger partial charge in [0.25, 0.3) is 0 Å². The summed E-state index contributed by atoms with van der Waals surface area (Å²) in [6.45, 7) is 10.7. The van der Waals surface area contributed by atoms with Crippen molar-refractivity contribution in [3.8, 4) is 0 Å². The molecule has 0 aliphatic heterocycles. The van der Waals surface area contributed by atoms with Crippen molar-refractivity contribution in [3.63, 3.8) is 0 Å². The topological polar surface area (TPSA) is 88.4 Å². The lowest BCUT2D eigenvalue weighted by Gasteiger charge is -2.04. The zero-order chi connectivity index (χ0) is 38.3. The molecule has 310 valence electrons. The Kier molecular flexibility index (Phi) is 51.0. The van der Waals surface area contributed by atoms with Gasteiger partial charge in [-0.15, -0.1) is 0 Å². The van der Waals surface area contributed by atoms with E-state index in [1.54, 1.807) is 0 Å². The summed E-state index contributed by atoms with van der Waals surface area (Å²) in [7, 11) is 0. The van der Waals surface area contributed by atoms with Crippen LogP contribution in [0, 0.1) is 0 Å². The Bertz CT molecular complexity index is 694. The van der Waals surface area contributed by atoms with Gasteiger partial charge in [0.1, 0.15) is 0 Å². The summed E-state index contributed by atoms with van der Waals surface area (Å²) in [4.78, 5) is 0. The summed E-state index contributed by atoms with van der Waals surface area (Å²) in [5.41, 5.74) is 2.50. The minimum absolute atomic E-state index is 0.0903. The molecule has 0 bridgehead atoms. The maximum Gasteiger partial charge on any atom is 0.0718 e. The molecule has 6 nitrogen and oxygen atoms in total.